The van der Waals surface area contributed by atoms with Crippen LogP contribution in [0.1, 0.15) is 26.6 Å². The van der Waals surface area contributed by atoms with E-state index in [2.05, 4.69) is 46.6 Å². The molecule has 0 amide bonds. The Bertz CT molecular complexity index is 415. The molecule has 0 saturated carbocycles. The molecule has 0 atom stereocenters. The van der Waals surface area contributed by atoms with Gasteiger partial charge in [-0.25, -0.2) is 0 Å². The molecule has 0 bridgehead atoms. The Morgan fingerprint density at radius 3 is 2.81 bits per heavy atom. The van der Waals surface area contributed by atoms with E-state index >= 15 is 0 Å². The Morgan fingerprint density at radius 1 is 1.38 bits per heavy atom. The van der Waals surface area contributed by atoms with Gasteiger partial charge in [0.25, 0.3) is 0 Å². The van der Waals surface area contributed by atoms with E-state index in [0.717, 1.165) is 44.4 Å². The predicted molar refractivity (Wildman–Crippen MR) is 84.4 cm³/mol. The van der Waals surface area contributed by atoms with Crippen molar-refractivity contribution in [1.82, 2.24) is 25.4 Å². The second-order valence-electron chi connectivity index (χ2n) is 5.19. The van der Waals surface area contributed by atoms with Crippen LogP contribution in [0.5, 0.6) is 0 Å². The number of nitrogens with one attached hydrogen (secondary N) is 2. The Labute approximate surface area is 127 Å². The highest BCUT2D eigenvalue weighted by atomic mass is 16.5. The van der Waals surface area contributed by atoms with Crippen LogP contribution in [0.15, 0.2) is 11.3 Å². The summed E-state index contributed by atoms with van der Waals surface area (Å²) in [4.78, 5) is 4.18. The zero-order valence-electron chi connectivity index (χ0n) is 13.6. The average Bonchev–Trinajstić information content (AvgIpc) is 2.92. The number of nitrogens with zero attached hydrogens (tertiary/aromatic N) is 4. The molecule has 0 unspecified atom stereocenters. The molecule has 1 aromatic heterocycles. The molecule has 0 aliphatic carbocycles. The number of aliphatic imine (C=N–C) groups is 1. The minimum atomic E-state index is 0.569. The summed E-state index contributed by atoms with van der Waals surface area (Å²) in [7, 11) is 1.76. The first-order valence-electron chi connectivity index (χ1n) is 7.56. The summed E-state index contributed by atoms with van der Waals surface area (Å²) in [5, 5.41) is 14.5. The quantitative estimate of drug-likeness (QED) is 0.398. The lowest BCUT2D eigenvalue weighted by atomic mass is 10.2. The largest absolute Gasteiger partial charge is 0.379 e. The van der Waals surface area contributed by atoms with E-state index in [9.17, 15) is 0 Å². The van der Waals surface area contributed by atoms with E-state index in [4.69, 9.17) is 4.74 Å². The minimum absolute atomic E-state index is 0.569. The first-order valence-corrected chi connectivity index (χ1v) is 7.56. The summed E-state index contributed by atoms with van der Waals surface area (Å²) < 4.78 is 7.57. The van der Waals surface area contributed by atoms with Gasteiger partial charge >= 0.3 is 0 Å². The van der Waals surface area contributed by atoms with Gasteiger partial charge in [0, 0.05) is 39.7 Å². The standard InChI is InChI=1S/C14H28N6O/c1-5-13-19-18-11-20(13)8-6-16-14(15-4)17-7-9-21-10-12(2)3/h11-12H,5-10H2,1-4H3,(H2,15,16,17). The highest BCUT2D eigenvalue weighted by molar-refractivity contribution is 5.79. The molecule has 7 nitrogen and oxygen atoms in total. The molecule has 1 heterocycles. The summed E-state index contributed by atoms with van der Waals surface area (Å²) in [6, 6.07) is 0. The second-order valence-corrected chi connectivity index (χ2v) is 5.19. The average molecular weight is 296 g/mol. The summed E-state index contributed by atoms with van der Waals surface area (Å²) in [6.45, 7) is 10.2. The van der Waals surface area contributed by atoms with E-state index in [-0.39, 0.29) is 0 Å². The summed E-state index contributed by atoms with van der Waals surface area (Å²) in [5.74, 6) is 2.36. The number of hydrogen-bond donors (Lipinski definition) is 2. The van der Waals surface area contributed by atoms with Crippen LogP contribution in [-0.4, -0.2) is 54.1 Å². The lowest BCUT2D eigenvalue weighted by molar-refractivity contribution is 0.114. The molecule has 1 aromatic rings. The van der Waals surface area contributed by atoms with Crippen LogP contribution in [0.2, 0.25) is 0 Å². The van der Waals surface area contributed by atoms with Crippen LogP contribution >= 0.6 is 0 Å². The van der Waals surface area contributed by atoms with Crippen LogP contribution in [0, 0.1) is 5.92 Å². The van der Waals surface area contributed by atoms with Crippen molar-refractivity contribution in [2.75, 3.05) is 33.4 Å². The molecule has 0 saturated heterocycles. The monoisotopic (exact) mass is 296 g/mol. The lowest BCUT2D eigenvalue weighted by Gasteiger charge is -2.13. The second kappa shape index (κ2) is 10.1. The third-order valence-corrected chi connectivity index (χ3v) is 2.87. The van der Waals surface area contributed by atoms with Gasteiger partial charge in [-0.2, -0.15) is 0 Å². The predicted octanol–water partition coefficient (Wildman–Crippen LogP) is 0.678. The Kier molecular flexibility index (Phi) is 8.42. The number of hydrogen-bond acceptors (Lipinski definition) is 4. The molecule has 1 rings (SSSR count). The van der Waals surface area contributed by atoms with Gasteiger partial charge < -0.3 is 19.9 Å². The third kappa shape index (κ3) is 7.08. The molecule has 0 aromatic carbocycles. The number of ether oxygens (including phenoxy) is 1. The molecule has 2 N–H and O–H groups in total. The number of aromatic nitrogens is 3. The zero-order valence-corrected chi connectivity index (χ0v) is 13.6. The smallest absolute Gasteiger partial charge is 0.191 e. The topological polar surface area (TPSA) is 76.4 Å². The highest BCUT2D eigenvalue weighted by Gasteiger charge is 2.02. The van der Waals surface area contributed by atoms with E-state index < -0.39 is 0 Å². The fraction of sp³-hybridized carbons (Fsp3) is 0.786. The van der Waals surface area contributed by atoms with Gasteiger partial charge in [-0.15, -0.1) is 10.2 Å². The van der Waals surface area contributed by atoms with Crippen molar-refractivity contribution < 1.29 is 4.74 Å². The van der Waals surface area contributed by atoms with E-state index in [1.54, 1.807) is 13.4 Å². The molecule has 0 radical (unpaired) electrons. The molecule has 0 fully saturated rings. The van der Waals surface area contributed by atoms with Gasteiger partial charge in [0.15, 0.2) is 5.96 Å². The molecule has 0 aliphatic rings. The van der Waals surface area contributed by atoms with E-state index in [0.29, 0.717) is 12.5 Å². The Hall–Kier alpha value is -1.63. The summed E-state index contributed by atoms with van der Waals surface area (Å²) in [5.41, 5.74) is 0. The molecular weight excluding hydrogens is 268 g/mol. The van der Waals surface area contributed by atoms with Crippen LogP contribution < -0.4 is 10.6 Å². The first-order chi connectivity index (χ1) is 10.2. The maximum Gasteiger partial charge on any atom is 0.191 e. The molecule has 7 heteroatoms. The van der Waals surface area contributed by atoms with Crippen molar-refractivity contribution in [2.24, 2.45) is 10.9 Å². The SMILES string of the molecule is CCc1nncn1CCNC(=NC)NCCOCC(C)C. The summed E-state index contributed by atoms with van der Waals surface area (Å²) >= 11 is 0. The summed E-state index contributed by atoms with van der Waals surface area (Å²) in [6.07, 6.45) is 2.65. The Morgan fingerprint density at radius 2 is 2.14 bits per heavy atom. The molecule has 120 valence electrons. The molecule has 21 heavy (non-hydrogen) atoms. The fourth-order valence-corrected chi connectivity index (χ4v) is 1.82. The molecular formula is C14H28N6O. The van der Waals surface area contributed by atoms with Crippen molar-refractivity contribution in [1.29, 1.82) is 0 Å². The third-order valence-electron chi connectivity index (χ3n) is 2.87. The normalized spacial score (nSPS) is 12.0. The number of aryl methyl sites for hydroxylation is 1. The van der Waals surface area contributed by atoms with E-state index in [1.807, 2.05) is 4.57 Å². The van der Waals surface area contributed by atoms with Crippen LogP contribution in [0.3, 0.4) is 0 Å². The molecule has 0 spiro atoms. The lowest BCUT2D eigenvalue weighted by Crippen LogP contribution is -2.40. The van der Waals surface area contributed by atoms with Crippen molar-refractivity contribution in [3.63, 3.8) is 0 Å². The highest BCUT2D eigenvalue weighted by Crippen LogP contribution is 1.94. The van der Waals surface area contributed by atoms with Gasteiger partial charge in [0.1, 0.15) is 12.2 Å². The maximum absolute atomic E-state index is 5.52. The maximum atomic E-state index is 5.52. The first kappa shape index (κ1) is 17.4. The van der Waals surface area contributed by atoms with Gasteiger partial charge in [0.05, 0.1) is 6.61 Å². The Balaban J connectivity index is 2.17. The van der Waals surface area contributed by atoms with Gasteiger partial charge in [-0.1, -0.05) is 20.8 Å². The number of guanidine groups is 1. The van der Waals surface area contributed by atoms with Crippen molar-refractivity contribution in [3.8, 4) is 0 Å². The van der Waals surface area contributed by atoms with Crippen molar-refractivity contribution >= 4 is 5.96 Å². The minimum Gasteiger partial charge on any atom is -0.379 e. The van der Waals surface area contributed by atoms with Crippen LogP contribution in [-0.2, 0) is 17.7 Å². The van der Waals surface area contributed by atoms with Crippen molar-refractivity contribution in [3.05, 3.63) is 12.2 Å². The molecule has 0 aliphatic heterocycles. The van der Waals surface area contributed by atoms with Crippen LogP contribution in [0.4, 0.5) is 0 Å². The fourth-order valence-electron chi connectivity index (χ4n) is 1.82. The van der Waals surface area contributed by atoms with E-state index in [1.165, 1.54) is 0 Å². The number of rotatable bonds is 9. The zero-order chi connectivity index (χ0) is 15.5. The van der Waals surface area contributed by atoms with Crippen molar-refractivity contribution in [2.45, 2.75) is 33.7 Å². The van der Waals surface area contributed by atoms with Crippen LogP contribution in [0.25, 0.3) is 0 Å². The van der Waals surface area contributed by atoms with Gasteiger partial charge in [0.2, 0.25) is 0 Å². The van der Waals surface area contributed by atoms with Gasteiger partial charge in [-0.3, -0.25) is 4.99 Å². The van der Waals surface area contributed by atoms with Gasteiger partial charge in [-0.05, 0) is 5.92 Å².